The van der Waals surface area contributed by atoms with Gasteiger partial charge in [0.25, 0.3) is 0 Å². The first-order valence-corrected chi connectivity index (χ1v) is 7.02. The van der Waals surface area contributed by atoms with E-state index in [0.717, 1.165) is 29.9 Å². The second-order valence-electron chi connectivity index (χ2n) is 4.84. The van der Waals surface area contributed by atoms with Crippen molar-refractivity contribution in [2.75, 3.05) is 13.2 Å². The Bertz CT molecular complexity index is 668. The Kier molecular flexibility index (Phi) is 3.73. The van der Waals surface area contributed by atoms with Crippen LogP contribution in [0.2, 0.25) is 0 Å². The highest BCUT2D eigenvalue weighted by Crippen LogP contribution is 2.35. The molecule has 2 aromatic rings. The predicted octanol–water partition coefficient (Wildman–Crippen LogP) is 4.56. The zero-order chi connectivity index (χ0) is 13.8. The molecule has 3 rings (SSSR count). The highest BCUT2D eigenvalue weighted by Gasteiger charge is 2.14. The second kappa shape index (κ2) is 5.83. The van der Waals surface area contributed by atoms with Gasteiger partial charge in [0.1, 0.15) is 12.4 Å². The molecule has 0 fully saturated rings. The van der Waals surface area contributed by atoms with Crippen molar-refractivity contribution >= 4 is 16.3 Å². The Balaban J connectivity index is 2.17. The molecule has 1 aliphatic heterocycles. The van der Waals surface area contributed by atoms with Crippen LogP contribution in [0.4, 0.5) is 0 Å². The molecule has 0 radical (unpaired) electrons. The highest BCUT2D eigenvalue weighted by atomic mass is 16.5. The average Bonchev–Trinajstić information content (AvgIpc) is 2.53. The van der Waals surface area contributed by atoms with Gasteiger partial charge in [0.2, 0.25) is 0 Å². The summed E-state index contributed by atoms with van der Waals surface area (Å²) in [6.45, 7) is 3.44. The zero-order valence-electron chi connectivity index (χ0n) is 11.6. The van der Waals surface area contributed by atoms with Crippen molar-refractivity contribution in [1.82, 2.24) is 0 Å². The first-order valence-electron chi connectivity index (χ1n) is 7.02. The fourth-order valence-electron chi connectivity index (χ4n) is 2.47. The minimum Gasteiger partial charge on any atom is -0.496 e. The van der Waals surface area contributed by atoms with Crippen LogP contribution < -0.4 is 4.74 Å². The Morgan fingerprint density at radius 3 is 2.85 bits per heavy atom. The maximum absolute atomic E-state index is 5.93. The summed E-state index contributed by atoms with van der Waals surface area (Å²) >= 11 is 0. The largest absolute Gasteiger partial charge is 0.496 e. The van der Waals surface area contributed by atoms with E-state index in [-0.39, 0.29) is 0 Å². The van der Waals surface area contributed by atoms with Gasteiger partial charge in [0.15, 0.2) is 0 Å². The summed E-state index contributed by atoms with van der Waals surface area (Å²) in [6, 6.07) is 12.6. The van der Waals surface area contributed by atoms with Gasteiger partial charge in [-0.2, -0.15) is 0 Å². The van der Waals surface area contributed by atoms with E-state index < -0.39 is 0 Å². The number of benzene rings is 2. The van der Waals surface area contributed by atoms with Crippen molar-refractivity contribution in [3.63, 3.8) is 0 Å². The lowest BCUT2D eigenvalue weighted by Gasteiger charge is -2.17. The van der Waals surface area contributed by atoms with Crippen LogP contribution in [-0.2, 0) is 4.74 Å². The Labute approximate surface area is 119 Å². The van der Waals surface area contributed by atoms with Crippen LogP contribution in [0.15, 0.2) is 54.8 Å². The number of hydrogen-bond donors (Lipinski definition) is 0. The van der Waals surface area contributed by atoms with Crippen LogP contribution in [-0.4, -0.2) is 13.2 Å². The lowest BCUT2D eigenvalue weighted by Crippen LogP contribution is -2.03. The summed E-state index contributed by atoms with van der Waals surface area (Å²) in [6.07, 6.45) is 6.76. The number of fused-ring (bicyclic) bond motifs is 1. The van der Waals surface area contributed by atoms with Crippen LogP contribution in [0.5, 0.6) is 5.75 Å². The fourth-order valence-corrected chi connectivity index (χ4v) is 2.47. The Morgan fingerprint density at radius 2 is 2.05 bits per heavy atom. The first-order chi connectivity index (χ1) is 9.90. The molecular formula is C18H18O2. The molecule has 0 aliphatic carbocycles. The lowest BCUT2D eigenvalue weighted by atomic mass is 9.96. The van der Waals surface area contributed by atoms with Gasteiger partial charge in [-0.25, -0.2) is 0 Å². The molecule has 0 spiro atoms. The summed E-state index contributed by atoms with van der Waals surface area (Å²) in [5.41, 5.74) is 2.32. The number of allylic oxidation sites excluding steroid dienone is 2. The normalized spacial score (nSPS) is 13.9. The molecular weight excluding hydrogens is 248 g/mol. The molecule has 2 heteroatoms. The van der Waals surface area contributed by atoms with Crippen LogP contribution in [0.3, 0.4) is 0 Å². The molecule has 1 aliphatic rings. The van der Waals surface area contributed by atoms with Crippen LogP contribution in [0, 0.1) is 0 Å². The highest BCUT2D eigenvalue weighted by molar-refractivity contribution is 5.97. The molecule has 0 aromatic heterocycles. The van der Waals surface area contributed by atoms with E-state index in [4.69, 9.17) is 9.47 Å². The maximum atomic E-state index is 5.93. The first kappa shape index (κ1) is 12.8. The van der Waals surface area contributed by atoms with E-state index in [9.17, 15) is 0 Å². The van der Waals surface area contributed by atoms with E-state index in [2.05, 4.69) is 49.4 Å². The van der Waals surface area contributed by atoms with Gasteiger partial charge in [-0.3, -0.25) is 0 Å². The Hall–Kier alpha value is -2.22. The molecule has 0 unspecified atom stereocenters. The lowest BCUT2D eigenvalue weighted by molar-refractivity contribution is 0.290. The smallest absolute Gasteiger partial charge is 0.127 e. The average molecular weight is 266 g/mol. The predicted molar refractivity (Wildman–Crippen MR) is 82.8 cm³/mol. The van der Waals surface area contributed by atoms with E-state index in [0.29, 0.717) is 6.61 Å². The summed E-state index contributed by atoms with van der Waals surface area (Å²) < 4.78 is 11.4. The summed E-state index contributed by atoms with van der Waals surface area (Å²) in [5.74, 6) is 0.940. The summed E-state index contributed by atoms with van der Waals surface area (Å²) in [5, 5.41) is 2.44. The van der Waals surface area contributed by atoms with Gasteiger partial charge in [-0.15, -0.1) is 0 Å². The molecule has 2 nitrogen and oxygen atoms in total. The van der Waals surface area contributed by atoms with Crippen LogP contribution >= 0.6 is 0 Å². The molecule has 0 saturated heterocycles. The van der Waals surface area contributed by atoms with E-state index in [1.807, 2.05) is 6.08 Å². The van der Waals surface area contributed by atoms with Crippen LogP contribution in [0.25, 0.3) is 16.3 Å². The van der Waals surface area contributed by atoms with E-state index >= 15 is 0 Å². The molecule has 20 heavy (non-hydrogen) atoms. The molecule has 0 N–H and O–H groups in total. The molecule has 1 heterocycles. The van der Waals surface area contributed by atoms with Crippen molar-refractivity contribution in [3.8, 4) is 5.75 Å². The maximum Gasteiger partial charge on any atom is 0.127 e. The molecule has 0 saturated carbocycles. The van der Waals surface area contributed by atoms with Gasteiger partial charge in [-0.05, 0) is 29.3 Å². The van der Waals surface area contributed by atoms with Gasteiger partial charge in [-0.1, -0.05) is 43.3 Å². The Morgan fingerprint density at radius 1 is 1.15 bits per heavy atom. The van der Waals surface area contributed by atoms with E-state index in [1.165, 1.54) is 10.8 Å². The SMILES string of the molecule is CCCOc1ccc2ccccc2c1C1=CC=COC1. The molecule has 102 valence electrons. The van der Waals surface area contributed by atoms with E-state index in [1.54, 1.807) is 6.26 Å². The van der Waals surface area contributed by atoms with Crippen molar-refractivity contribution in [2.45, 2.75) is 13.3 Å². The van der Waals surface area contributed by atoms with Gasteiger partial charge < -0.3 is 9.47 Å². The third kappa shape index (κ3) is 2.42. The minimum atomic E-state index is 0.590. The second-order valence-corrected chi connectivity index (χ2v) is 4.84. The third-order valence-corrected chi connectivity index (χ3v) is 3.38. The minimum absolute atomic E-state index is 0.590. The number of ether oxygens (including phenoxy) is 2. The third-order valence-electron chi connectivity index (χ3n) is 3.38. The molecule has 0 atom stereocenters. The summed E-state index contributed by atoms with van der Waals surface area (Å²) in [4.78, 5) is 0. The van der Waals surface area contributed by atoms with Crippen LogP contribution in [0.1, 0.15) is 18.9 Å². The molecule has 0 amide bonds. The van der Waals surface area contributed by atoms with Crippen molar-refractivity contribution in [1.29, 1.82) is 0 Å². The summed E-state index contributed by atoms with van der Waals surface area (Å²) in [7, 11) is 0. The quantitative estimate of drug-likeness (QED) is 0.808. The number of hydrogen-bond acceptors (Lipinski definition) is 2. The van der Waals surface area contributed by atoms with Crippen molar-refractivity contribution in [3.05, 3.63) is 60.4 Å². The van der Waals surface area contributed by atoms with Crippen molar-refractivity contribution < 1.29 is 9.47 Å². The van der Waals surface area contributed by atoms with Gasteiger partial charge in [0.05, 0.1) is 12.9 Å². The standard InChI is InChI=1S/C18H18O2/c1-2-11-20-17-10-9-14-6-3-4-8-16(14)18(17)15-7-5-12-19-13-15/h3-10,12H,2,11,13H2,1H3. The number of rotatable bonds is 4. The zero-order valence-corrected chi connectivity index (χ0v) is 11.6. The van der Waals surface area contributed by atoms with Gasteiger partial charge in [0, 0.05) is 11.1 Å². The monoisotopic (exact) mass is 266 g/mol. The molecule has 2 aromatic carbocycles. The molecule has 0 bridgehead atoms. The fraction of sp³-hybridized carbons (Fsp3) is 0.222. The van der Waals surface area contributed by atoms with Gasteiger partial charge >= 0.3 is 0 Å². The van der Waals surface area contributed by atoms with Crippen molar-refractivity contribution in [2.24, 2.45) is 0 Å². The topological polar surface area (TPSA) is 18.5 Å².